The number of primary amides is 1. The Morgan fingerprint density at radius 2 is 1.88 bits per heavy atom. The van der Waals surface area contributed by atoms with E-state index in [4.69, 9.17) is 17.3 Å². The molecule has 0 spiro atoms. The van der Waals surface area contributed by atoms with E-state index < -0.39 is 0 Å². The van der Waals surface area contributed by atoms with Crippen molar-refractivity contribution >= 4 is 28.4 Å². The van der Waals surface area contributed by atoms with E-state index in [-0.39, 0.29) is 11.8 Å². The molecule has 4 N–H and O–H groups in total. The normalized spacial score (nSPS) is 12.4. The molecule has 0 bridgehead atoms. The highest BCUT2D eigenvalue weighted by Crippen LogP contribution is 2.33. The lowest BCUT2D eigenvalue weighted by molar-refractivity contribution is -0.117. The molecule has 0 aliphatic heterocycles. The van der Waals surface area contributed by atoms with Gasteiger partial charge in [0.1, 0.15) is 0 Å². The van der Waals surface area contributed by atoms with E-state index in [1.54, 1.807) is 0 Å². The summed E-state index contributed by atoms with van der Waals surface area (Å²) in [5.41, 5.74) is 8.56. The van der Waals surface area contributed by atoms with Crippen molar-refractivity contribution in [3.05, 3.63) is 70.9 Å². The summed E-state index contributed by atoms with van der Waals surface area (Å²) in [6.07, 6.45) is 2.36. The number of carbonyl (C=O) groups excluding carboxylic acids is 1. The number of fused-ring (bicyclic) bond motifs is 1. The molecule has 0 fully saturated rings. The van der Waals surface area contributed by atoms with Crippen LogP contribution in [-0.2, 0) is 4.79 Å². The Kier molecular flexibility index (Phi) is 5.18. The minimum absolute atomic E-state index is 0.0859. The quantitative estimate of drug-likeness (QED) is 0.576. The second-order valence-electron chi connectivity index (χ2n) is 5.78. The van der Waals surface area contributed by atoms with Gasteiger partial charge in [0, 0.05) is 47.6 Å². The first-order valence-corrected chi connectivity index (χ1v) is 8.34. The smallest absolute Gasteiger partial charge is 0.218 e. The van der Waals surface area contributed by atoms with Crippen LogP contribution in [0.25, 0.3) is 10.9 Å². The summed E-state index contributed by atoms with van der Waals surface area (Å²) in [6, 6.07) is 16.1. The highest BCUT2D eigenvalue weighted by atomic mass is 35.5. The van der Waals surface area contributed by atoms with Crippen LogP contribution < -0.4 is 11.1 Å². The molecule has 3 rings (SSSR count). The van der Waals surface area contributed by atoms with Gasteiger partial charge in [-0.2, -0.15) is 0 Å². The van der Waals surface area contributed by atoms with Crippen LogP contribution in [0.3, 0.4) is 0 Å². The Morgan fingerprint density at radius 3 is 2.67 bits per heavy atom. The number of para-hydroxylation sites is 1. The monoisotopic (exact) mass is 341 g/mol. The van der Waals surface area contributed by atoms with E-state index in [2.05, 4.69) is 22.4 Å². The lowest BCUT2D eigenvalue weighted by Gasteiger charge is -2.19. The molecule has 0 radical (unpaired) electrons. The molecule has 1 aromatic heterocycles. The van der Waals surface area contributed by atoms with Crippen LogP contribution in [0.1, 0.15) is 23.5 Å². The minimum Gasteiger partial charge on any atom is -0.370 e. The van der Waals surface area contributed by atoms with E-state index in [0.717, 1.165) is 16.1 Å². The fourth-order valence-corrected chi connectivity index (χ4v) is 3.25. The van der Waals surface area contributed by atoms with E-state index >= 15 is 0 Å². The first kappa shape index (κ1) is 16.6. The van der Waals surface area contributed by atoms with Crippen LogP contribution in [0.15, 0.2) is 54.7 Å². The molecule has 0 aliphatic rings. The topological polar surface area (TPSA) is 70.9 Å². The highest BCUT2D eigenvalue weighted by molar-refractivity contribution is 6.31. The Labute approximate surface area is 146 Å². The standard InChI is InChI=1S/C19H20ClN3O/c20-17-7-3-1-5-13(17)15(11-22-10-9-19(21)24)16-12-23-18-8-4-2-6-14(16)18/h1-8,12,15,22-23H,9-11H2,(H2,21,24). The van der Waals surface area contributed by atoms with Gasteiger partial charge in [-0.05, 0) is 23.3 Å². The third kappa shape index (κ3) is 3.61. The molecule has 1 heterocycles. The summed E-state index contributed by atoms with van der Waals surface area (Å²) in [5.74, 6) is -0.216. The van der Waals surface area contributed by atoms with Crippen molar-refractivity contribution in [1.82, 2.24) is 10.3 Å². The summed E-state index contributed by atoms with van der Waals surface area (Å²) in [5, 5.41) is 5.24. The Hall–Kier alpha value is -2.30. The van der Waals surface area contributed by atoms with E-state index in [1.165, 1.54) is 10.9 Å². The number of hydrogen-bond donors (Lipinski definition) is 3. The van der Waals surface area contributed by atoms with Gasteiger partial charge in [-0.1, -0.05) is 48.0 Å². The Balaban J connectivity index is 1.93. The third-order valence-corrected chi connectivity index (χ3v) is 4.52. The molecular formula is C19H20ClN3O. The molecule has 1 amide bonds. The number of nitrogens with two attached hydrogens (primary N) is 1. The van der Waals surface area contributed by atoms with Gasteiger partial charge in [0.05, 0.1) is 0 Å². The van der Waals surface area contributed by atoms with Gasteiger partial charge >= 0.3 is 0 Å². The zero-order chi connectivity index (χ0) is 16.9. The average Bonchev–Trinajstić information content (AvgIpc) is 3.00. The number of halogens is 1. The number of carbonyl (C=O) groups is 1. The zero-order valence-corrected chi connectivity index (χ0v) is 14.0. The maximum Gasteiger partial charge on any atom is 0.218 e. The van der Waals surface area contributed by atoms with Gasteiger partial charge in [0.15, 0.2) is 0 Å². The number of aromatic amines is 1. The highest BCUT2D eigenvalue weighted by Gasteiger charge is 2.20. The summed E-state index contributed by atoms with van der Waals surface area (Å²) >= 11 is 6.44. The predicted octanol–water partition coefficient (Wildman–Crippen LogP) is 3.42. The number of aromatic nitrogens is 1. The average molecular weight is 342 g/mol. The van der Waals surface area contributed by atoms with Gasteiger partial charge in [0.2, 0.25) is 5.91 Å². The maximum atomic E-state index is 10.9. The molecule has 0 aliphatic carbocycles. The molecule has 4 nitrogen and oxygen atoms in total. The third-order valence-electron chi connectivity index (χ3n) is 4.17. The van der Waals surface area contributed by atoms with Crippen LogP contribution in [0.2, 0.25) is 5.02 Å². The van der Waals surface area contributed by atoms with Gasteiger partial charge in [-0.15, -0.1) is 0 Å². The fourth-order valence-electron chi connectivity index (χ4n) is 2.99. The summed E-state index contributed by atoms with van der Waals surface area (Å²) in [6.45, 7) is 1.23. The van der Waals surface area contributed by atoms with Crippen LogP contribution in [-0.4, -0.2) is 24.0 Å². The van der Waals surface area contributed by atoms with Crippen molar-refractivity contribution < 1.29 is 4.79 Å². The lowest BCUT2D eigenvalue weighted by Crippen LogP contribution is -2.26. The van der Waals surface area contributed by atoms with Crippen molar-refractivity contribution in [1.29, 1.82) is 0 Å². The maximum absolute atomic E-state index is 10.9. The number of hydrogen-bond acceptors (Lipinski definition) is 2. The van der Waals surface area contributed by atoms with E-state index in [9.17, 15) is 4.79 Å². The molecule has 2 aromatic carbocycles. The molecule has 24 heavy (non-hydrogen) atoms. The fraction of sp³-hybridized carbons (Fsp3) is 0.211. The SMILES string of the molecule is NC(=O)CCNCC(c1ccccc1Cl)c1c[nH]c2ccccc12. The zero-order valence-electron chi connectivity index (χ0n) is 13.3. The molecule has 0 saturated carbocycles. The molecule has 1 atom stereocenters. The lowest BCUT2D eigenvalue weighted by atomic mass is 9.90. The largest absolute Gasteiger partial charge is 0.370 e. The van der Waals surface area contributed by atoms with Gasteiger partial charge in [0.25, 0.3) is 0 Å². The molecule has 3 aromatic rings. The Morgan fingerprint density at radius 1 is 1.12 bits per heavy atom. The first-order valence-electron chi connectivity index (χ1n) is 7.96. The van der Waals surface area contributed by atoms with Crippen LogP contribution in [0.5, 0.6) is 0 Å². The van der Waals surface area contributed by atoms with Crippen molar-refractivity contribution in [2.75, 3.05) is 13.1 Å². The van der Waals surface area contributed by atoms with Crippen molar-refractivity contribution in [3.8, 4) is 0 Å². The van der Waals surface area contributed by atoms with E-state index in [1.807, 2.05) is 42.6 Å². The van der Waals surface area contributed by atoms with Gasteiger partial charge in [-0.25, -0.2) is 0 Å². The van der Waals surface area contributed by atoms with Crippen molar-refractivity contribution in [2.45, 2.75) is 12.3 Å². The molecule has 124 valence electrons. The second-order valence-corrected chi connectivity index (χ2v) is 6.19. The van der Waals surface area contributed by atoms with Crippen molar-refractivity contribution in [2.24, 2.45) is 5.73 Å². The number of nitrogens with one attached hydrogen (secondary N) is 2. The predicted molar refractivity (Wildman–Crippen MR) is 98.3 cm³/mol. The minimum atomic E-state index is -0.302. The summed E-state index contributed by atoms with van der Waals surface area (Å²) in [4.78, 5) is 14.2. The van der Waals surface area contributed by atoms with Crippen LogP contribution in [0.4, 0.5) is 0 Å². The molecule has 1 unspecified atom stereocenters. The van der Waals surface area contributed by atoms with Gasteiger partial charge < -0.3 is 16.0 Å². The van der Waals surface area contributed by atoms with Crippen LogP contribution >= 0.6 is 11.6 Å². The molecule has 0 saturated heterocycles. The Bertz CT molecular complexity index is 843. The van der Waals surface area contributed by atoms with Gasteiger partial charge in [-0.3, -0.25) is 4.79 Å². The number of H-pyrrole nitrogens is 1. The van der Waals surface area contributed by atoms with E-state index in [0.29, 0.717) is 19.5 Å². The summed E-state index contributed by atoms with van der Waals surface area (Å²) < 4.78 is 0. The van der Waals surface area contributed by atoms with Crippen molar-refractivity contribution in [3.63, 3.8) is 0 Å². The first-order chi connectivity index (χ1) is 11.7. The second kappa shape index (κ2) is 7.51. The summed E-state index contributed by atoms with van der Waals surface area (Å²) in [7, 11) is 0. The molecular weight excluding hydrogens is 322 g/mol. The number of benzene rings is 2. The van der Waals surface area contributed by atoms with Crippen LogP contribution in [0, 0.1) is 0 Å². The number of amides is 1. The number of rotatable bonds is 7. The molecule has 5 heteroatoms.